The van der Waals surface area contributed by atoms with Gasteiger partial charge in [-0.3, -0.25) is 0 Å². The highest BCUT2D eigenvalue weighted by Crippen LogP contribution is 2.18. The fourth-order valence-electron chi connectivity index (χ4n) is 2.28. The first-order valence-corrected chi connectivity index (χ1v) is 8.77. The van der Waals surface area contributed by atoms with Gasteiger partial charge in [0.2, 0.25) is 10.0 Å². The Labute approximate surface area is 102 Å². The van der Waals surface area contributed by atoms with Crippen LogP contribution < -0.4 is 10.0 Å². The van der Waals surface area contributed by atoms with Crippen molar-refractivity contribution in [2.24, 2.45) is 0 Å². The van der Waals surface area contributed by atoms with E-state index in [9.17, 15) is 8.42 Å². The average Bonchev–Trinajstić information content (AvgIpc) is 2.70. The van der Waals surface area contributed by atoms with Gasteiger partial charge >= 0.3 is 0 Å². The van der Waals surface area contributed by atoms with Crippen molar-refractivity contribution in [1.82, 2.24) is 10.0 Å². The SMILES string of the molecule is O=S(=O)(CC1CCCN1)NC1CCSCC1. The molecule has 0 spiro atoms. The summed E-state index contributed by atoms with van der Waals surface area (Å²) >= 11 is 1.91. The van der Waals surface area contributed by atoms with Crippen LogP contribution in [0.4, 0.5) is 0 Å². The molecule has 0 aliphatic carbocycles. The fourth-order valence-corrected chi connectivity index (χ4v) is 5.04. The smallest absolute Gasteiger partial charge is 0.213 e. The number of hydrogen-bond donors (Lipinski definition) is 2. The number of hydrogen-bond acceptors (Lipinski definition) is 4. The molecule has 0 aromatic carbocycles. The third kappa shape index (κ3) is 3.91. The van der Waals surface area contributed by atoms with Gasteiger partial charge in [-0.15, -0.1) is 0 Å². The average molecular weight is 264 g/mol. The molecule has 0 radical (unpaired) electrons. The summed E-state index contributed by atoms with van der Waals surface area (Å²) in [5.41, 5.74) is 0. The lowest BCUT2D eigenvalue weighted by molar-refractivity contribution is 0.520. The fraction of sp³-hybridized carbons (Fsp3) is 1.00. The van der Waals surface area contributed by atoms with Crippen molar-refractivity contribution in [2.75, 3.05) is 23.8 Å². The summed E-state index contributed by atoms with van der Waals surface area (Å²) < 4.78 is 26.6. The first-order valence-electron chi connectivity index (χ1n) is 5.97. The minimum atomic E-state index is -3.09. The molecule has 0 bridgehead atoms. The highest BCUT2D eigenvalue weighted by molar-refractivity contribution is 7.99. The first-order chi connectivity index (χ1) is 7.66. The number of sulfonamides is 1. The van der Waals surface area contributed by atoms with Gasteiger partial charge in [0.1, 0.15) is 0 Å². The molecule has 2 heterocycles. The molecule has 2 rings (SSSR count). The van der Waals surface area contributed by atoms with Crippen molar-refractivity contribution in [3.63, 3.8) is 0 Å². The Morgan fingerprint density at radius 3 is 2.62 bits per heavy atom. The normalized spacial score (nSPS) is 28.4. The molecule has 2 N–H and O–H groups in total. The Morgan fingerprint density at radius 1 is 1.25 bits per heavy atom. The van der Waals surface area contributed by atoms with Crippen LogP contribution in [0.5, 0.6) is 0 Å². The van der Waals surface area contributed by atoms with Crippen molar-refractivity contribution in [2.45, 2.75) is 37.8 Å². The molecule has 94 valence electrons. The van der Waals surface area contributed by atoms with Crippen LogP contribution >= 0.6 is 11.8 Å². The molecule has 0 aromatic rings. The molecule has 2 aliphatic rings. The van der Waals surface area contributed by atoms with Crippen LogP contribution in [-0.2, 0) is 10.0 Å². The van der Waals surface area contributed by atoms with Gasteiger partial charge in [0.05, 0.1) is 5.75 Å². The van der Waals surface area contributed by atoms with E-state index < -0.39 is 10.0 Å². The van der Waals surface area contributed by atoms with E-state index in [0.29, 0.717) is 0 Å². The Kier molecular flexibility index (Phi) is 4.52. The maximum absolute atomic E-state index is 11.9. The molecule has 4 nitrogen and oxygen atoms in total. The zero-order valence-electron chi connectivity index (χ0n) is 9.44. The summed E-state index contributed by atoms with van der Waals surface area (Å²) in [5, 5.41) is 3.23. The third-order valence-corrected chi connectivity index (χ3v) is 5.73. The van der Waals surface area contributed by atoms with Crippen molar-refractivity contribution in [3.05, 3.63) is 0 Å². The predicted molar refractivity (Wildman–Crippen MR) is 68.3 cm³/mol. The molecule has 1 unspecified atom stereocenters. The highest BCUT2D eigenvalue weighted by Gasteiger charge is 2.25. The van der Waals surface area contributed by atoms with Crippen LogP contribution in [0.2, 0.25) is 0 Å². The van der Waals surface area contributed by atoms with Crippen molar-refractivity contribution in [1.29, 1.82) is 0 Å². The van der Waals surface area contributed by atoms with Gasteiger partial charge in [-0.25, -0.2) is 13.1 Å². The minimum absolute atomic E-state index is 0.162. The van der Waals surface area contributed by atoms with Crippen LogP contribution in [0.15, 0.2) is 0 Å². The van der Waals surface area contributed by atoms with Crippen LogP contribution in [0.1, 0.15) is 25.7 Å². The Morgan fingerprint density at radius 2 is 2.00 bits per heavy atom. The minimum Gasteiger partial charge on any atom is -0.313 e. The van der Waals surface area contributed by atoms with E-state index in [4.69, 9.17) is 0 Å². The van der Waals surface area contributed by atoms with Gasteiger partial charge in [0.15, 0.2) is 0 Å². The second-order valence-electron chi connectivity index (χ2n) is 4.58. The lowest BCUT2D eigenvalue weighted by Crippen LogP contribution is -2.42. The van der Waals surface area contributed by atoms with E-state index in [1.807, 2.05) is 11.8 Å². The maximum atomic E-state index is 11.9. The summed E-state index contributed by atoms with van der Waals surface area (Å²) in [4.78, 5) is 0. The Hall–Kier alpha value is 0.220. The lowest BCUT2D eigenvalue weighted by Gasteiger charge is -2.23. The largest absolute Gasteiger partial charge is 0.313 e. The van der Waals surface area contributed by atoms with E-state index in [1.165, 1.54) is 0 Å². The van der Waals surface area contributed by atoms with Gasteiger partial charge in [-0.2, -0.15) is 11.8 Å². The Balaban J connectivity index is 1.81. The van der Waals surface area contributed by atoms with Crippen molar-refractivity contribution >= 4 is 21.8 Å². The monoisotopic (exact) mass is 264 g/mol. The quantitative estimate of drug-likeness (QED) is 0.779. The van der Waals surface area contributed by atoms with E-state index in [1.54, 1.807) is 0 Å². The second-order valence-corrected chi connectivity index (χ2v) is 7.60. The van der Waals surface area contributed by atoms with Gasteiger partial charge in [-0.05, 0) is 43.7 Å². The molecule has 0 saturated carbocycles. The molecular weight excluding hydrogens is 244 g/mol. The van der Waals surface area contributed by atoms with Crippen LogP contribution in [-0.4, -0.2) is 44.3 Å². The molecule has 6 heteroatoms. The molecule has 0 aromatic heterocycles. The van der Waals surface area contributed by atoms with Gasteiger partial charge < -0.3 is 5.32 Å². The van der Waals surface area contributed by atoms with Crippen LogP contribution in [0.3, 0.4) is 0 Å². The Bertz CT molecular complexity index is 307. The number of thioether (sulfide) groups is 1. The summed E-state index contributed by atoms with van der Waals surface area (Å²) in [6, 6.07) is 0.336. The topological polar surface area (TPSA) is 58.2 Å². The van der Waals surface area contributed by atoms with Crippen LogP contribution in [0.25, 0.3) is 0 Å². The van der Waals surface area contributed by atoms with Crippen LogP contribution in [0, 0.1) is 0 Å². The summed E-state index contributed by atoms with van der Waals surface area (Å²) in [7, 11) is -3.09. The molecule has 2 fully saturated rings. The second kappa shape index (κ2) is 5.71. The van der Waals surface area contributed by atoms with Crippen molar-refractivity contribution < 1.29 is 8.42 Å². The number of rotatable bonds is 4. The lowest BCUT2D eigenvalue weighted by atomic mass is 10.2. The standard InChI is InChI=1S/C10H20N2O2S2/c13-16(14,8-10-2-1-5-11-10)12-9-3-6-15-7-4-9/h9-12H,1-8H2. The summed E-state index contributed by atoms with van der Waals surface area (Å²) in [6.07, 6.45) is 4.03. The summed E-state index contributed by atoms with van der Waals surface area (Å²) in [6.45, 7) is 0.959. The highest BCUT2D eigenvalue weighted by atomic mass is 32.2. The maximum Gasteiger partial charge on any atom is 0.213 e. The molecule has 1 atom stereocenters. The molecular formula is C10H20N2O2S2. The molecule has 0 amide bonds. The predicted octanol–water partition coefficient (Wildman–Crippen LogP) is 0.553. The summed E-state index contributed by atoms with van der Waals surface area (Å²) in [5.74, 6) is 2.40. The molecule has 2 saturated heterocycles. The zero-order chi connectivity index (χ0) is 11.4. The molecule has 16 heavy (non-hydrogen) atoms. The molecule has 2 aliphatic heterocycles. The van der Waals surface area contributed by atoms with E-state index in [2.05, 4.69) is 10.0 Å². The third-order valence-electron chi connectivity index (χ3n) is 3.15. The van der Waals surface area contributed by atoms with E-state index in [0.717, 1.165) is 43.7 Å². The van der Waals surface area contributed by atoms with E-state index in [-0.39, 0.29) is 17.8 Å². The zero-order valence-corrected chi connectivity index (χ0v) is 11.1. The van der Waals surface area contributed by atoms with Crippen molar-refractivity contribution in [3.8, 4) is 0 Å². The first kappa shape index (κ1) is 12.7. The van der Waals surface area contributed by atoms with Gasteiger partial charge in [0.25, 0.3) is 0 Å². The van der Waals surface area contributed by atoms with Gasteiger partial charge in [0, 0.05) is 12.1 Å². The van der Waals surface area contributed by atoms with E-state index >= 15 is 0 Å². The number of nitrogens with one attached hydrogen (secondary N) is 2. The van der Waals surface area contributed by atoms with Gasteiger partial charge in [-0.1, -0.05) is 0 Å².